The Bertz CT molecular complexity index is 1360. The van der Waals surface area contributed by atoms with Crippen LogP contribution in [0.15, 0.2) is 113 Å². The molecule has 4 aromatic carbocycles. The minimum atomic E-state index is -3.96. The maximum Gasteiger partial charge on any atom is 0.269 e. The van der Waals surface area contributed by atoms with Crippen molar-refractivity contribution in [3.8, 4) is 0 Å². The van der Waals surface area contributed by atoms with Gasteiger partial charge in [-0.05, 0) is 57.2 Å². The third-order valence-corrected chi connectivity index (χ3v) is 7.05. The maximum absolute atomic E-state index is 14.0. The summed E-state index contributed by atoms with van der Waals surface area (Å²) in [6.07, 6.45) is 0. The topological polar surface area (TPSA) is 49.7 Å². The van der Waals surface area contributed by atoms with E-state index in [2.05, 4.69) is 0 Å². The number of anilines is 1. The molecule has 4 nitrogen and oxygen atoms in total. The molecule has 0 atom stereocenters. The molecule has 0 N–H and O–H groups in total. The van der Waals surface area contributed by atoms with Gasteiger partial charge in [0.25, 0.3) is 10.0 Å². The van der Waals surface area contributed by atoms with Gasteiger partial charge in [0, 0.05) is 5.56 Å². The smallest absolute Gasteiger partial charge is 0.229 e. The van der Waals surface area contributed by atoms with E-state index in [1.54, 1.807) is 24.3 Å². The Morgan fingerprint density at radius 2 is 1.12 bits per heavy atom. The number of aliphatic imine (C=N–C) groups is 1. The van der Waals surface area contributed by atoms with Gasteiger partial charge >= 0.3 is 0 Å². The molecule has 4 rings (SSSR count). The Balaban J connectivity index is 1.98. The summed E-state index contributed by atoms with van der Waals surface area (Å²) in [5.41, 5.74) is 5.05. The summed E-state index contributed by atoms with van der Waals surface area (Å²) in [5.74, 6) is 0.337. The average Bonchev–Trinajstić information content (AvgIpc) is 2.82. The summed E-state index contributed by atoms with van der Waals surface area (Å²) in [6, 6.07) is 31.4. The third kappa shape index (κ3) is 5.04. The third-order valence-electron chi connectivity index (χ3n) is 5.32. The average molecular weight is 455 g/mol. The number of amidine groups is 1. The number of hydrogen-bond donors (Lipinski definition) is 0. The summed E-state index contributed by atoms with van der Waals surface area (Å²) < 4.78 is 29.4. The van der Waals surface area contributed by atoms with E-state index < -0.39 is 10.0 Å². The van der Waals surface area contributed by atoms with Crippen LogP contribution in [-0.4, -0.2) is 14.3 Å². The van der Waals surface area contributed by atoms with Crippen LogP contribution in [0.25, 0.3) is 0 Å². The predicted octanol–water partition coefficient (Wildman–Crippen LogP) is 6.59. The lowest BCUT2D eigenvalue weighted by molar-refractivity contribution is 0.597. The number of hydrogen-bond acceptors (Lipinski definition) is 3. The van der Waals surface area contributed by atoms with E-state index in [0.29, 0.717) is 22.8 Å². The Hall–Kier alpha value is -3.70. The highest BCUT2D eigenvalue weighted by Gasteiger charge is 2.30. The fraction of sp³-hybridized carbons (Fsp3) is 0.107. The van der Waals surface area contributed by atoms with E-state index in [9.17, 15) is 8.42 Å². The van der Waals surface area contributed by atoms with Gasteiger partial charge in [0.05, 0.1) is 16.3 Å². The van der Waals surface area contributed by atoms with Crippen LogP contribution in [0.2, 0.25) is 0 Å². The molecule has 0 amide bonds. The second kappa shape index (κ2) is 9.43. The van der Waals surface area contributed by atoms with Gasteiger partial charge in [-0.1, -0.05) is 83.4 Å². The van der Waals surface area contributed by atoms with Gasteiger partial charge in [-0.25, -0.2) is 17.7 Å². The monoisotopic (exact) mass is 454 g/mol. The van der Waals surface area contributed by atoms with Crippen LogP contribution in [0, 0.1) is 20.8 Å². The fourth-order valence-corrected chi connectivity index (χ4v) is 4.89. The Kier molecular flexibility index (Phi) is 6.43. The Morgan fingerprint density at radius 3 is 1.67 bits per heavy atom. The van der Waals surface area contributed by atoms with E-state index in [4.69, 9.17) is 4.99 Å². The zero-order valence-corrected chi connectivity index (χ0v) is 19.8. The number of aryl methyl sites for hydroxylation is 3. The highest BCUT2D eigenvalue weighted by molar-refractivity contribution is 7.93. The maximum atomic E-state index is 14.0. The summed E-state index contributed by atoms with van der Waals surface area (Å²) in [5, 5.41) is 0. The zero-order chi connectivity index (χ0) is 23.4. The van der Waals surface area contributed by atoms with Crippen molar-refractivity contribution in [2.45, 2.75) is 25.7 Å². The molecule has 5 heteroatoms. The molecule has 0 heterocycles. The van der Waals surface area contributed by atoms with Crippen LogP contribution < -0.4 is 4.31 Å². The second-order valence-corrected chi connectivity index (χ2v) is 9.84. The molecule has 0 aliphatic rings. The number of benzene rings is 4. The molecule has 33 heavy (non-hydrogen) atoms. The molecule has 0 saturated carbocycles. The second-order valence-electron chi connectivity index (χ2n) is 8.06. The lowest BCUT2D eigenvalue weighted by Crippen LogP contribution is -2.37. The van der Waals surface area contributed by atoms with E-state index in [-0.39, 0.29) is 4.90 Å². The van der Waals surface area contributed by atoms with Crippen molar-refractivity contribution in [2.24, 2.45) is 4.99 Å². The number of sulfonamides is 1. The highest BCUT2D eigenvalue weighted by Crippen LogP contribution is 2.29. The molecule has 0 bridgehead atoms. The molecule has 0 unspecified atom stereocenters. The SMILES string of the molecule is Cc1ccc(N=C(c2ccccc2)N(c2ccc(C)cc2)S(=O)(=O)c2ccc(C)cc2)cc1. The van der Waals surface area contributed by atoms with Crippen LogP contribution in [0.5, 0.6) is 0 Å². The van der Waals surface area contributed by atoms with Gasteiger partial charge in [0.2, 0.25) is 0 Å². The molecule has 0 saturated heterocycles. The van der Waals surface area contributed by atoms with E-state index in [1.807, 2.05) is 99.6 Å². The lowest BCUT2D eigenvalue weighted by Gasteiger charge is -2.26. The first-order valence-electron chi connectivity index (χ1n) is 10.7. The van der Waals surface area contributed by atoms with E-state index in [1.165, 1.54) is 4.31 Å². The standard InChI is InChI=1S/C28H26N2O2S/c1-21-9-15-25(16-10-21)29-28(24-7-5-4-6-8-24)30(26-17-11-22(2)12-18-26)33(31,32)27-19-13-23(3)14-20-27/h4-20H,1-3H3. The fourth-order valence-electron chi connectivity index (χ4n) is 3.43. The van der Waals surface area contributed by atoms with E-state index in [0.717, 1.165) is 16.7 Å². The van der Waals surface area contributed by atoms with Crippen molar-refractivity contribution < 1.29 is 8.42 Å². The summed E-state index contributed by atoms with van der Waals surface area (Å²) in [7, 11) is -3.96. The molecular weight excluding hydrogens is 428 g/mol. The molecule has 0 aliphatic heterocycles. The van der Waals surface area contributed by atoms with Gasteiger partial charge in [-0.15, -0.1) is 0 Å². The molecule has 0 fully saturated rings. The predicted molar refractivity (Wildman–Crippen MR) is 136 cm³/mol. The first-order valence-corrected chi connectivity index (χ1v) is 12.2. The largest absolute Gasteiger partial charge is 0.269 e. The van der Waals surface area contributed by atoms with Crippen molar-refractivity contribution in [2.75, 3.05) is 4.31 Å². The van der Waals surface area contributed by atoms with Crippen LogP contribution >= 0.6 is 0 Å². The molecule has 0 aromatic heterocycles. The van der Waals surface area contributed by atoms with Crippen molar-refractivity contribution in [1.29, 1.82) is 0 Å². The molecule has 0 aliphatic carbocycles. The van der Waals surface area contributed by atoms with Gasteiger partial charge in [-0.3, -0.25) is 0 Å². The van der Waals surface area contributed by atoms with Crippen molar-refractivity contribution in [3.05, 3.63) is 125 Å². The van der Waals surface area contributed by atoms with Crippen molar-refractivity contribution in [1.82, 2.24) is 0 Å². The normalized spacial score (nSPS) is 11.9. The van der Waals surface area contributed by atoms with Crippen molar-refractivity contribution in [3.63, 3.8) is 0 Å². The molecule has 0 spiro atoms. The minimum absolute atomic E-state index is 0.209. The van der Waals surface area contributed by atoms with Gasteiger partial charge < -0.3 is 0 Å². The molecule has 0 radical (unpaired) electrons. The minimum Gasteiger partial charge on any atom is -0.229 e. The van der Waals surface area contributed by atoms with Crippen LogP contribution in [0.1, 0.15) is 22.3 Å². The van der Waals surface area contributed by atoms with Gasteiger partial charge in [0.15, 0.2) is 5.84 Å². The number of nitrogens with zero attached hydrogens (tertiary/aromatic N) is 2. The van der Waals surface area contributed by atoms with Crippen molar-refractivity contribution >= 4 is 27.2 Å². The van der Waals surface area contributed by atoms with Crippen LogP contribution in [0.3, 0.4) is 0 Å². The van der Waals surface area contributed by atoms with E-state index >= 15 is 0 Å². The highest BCUT2D eigenvalue weighted by atomic mass is 32.2. The summed E-state index contributed by atoms with van der Waals surface area (Å²) >= 11 is 0. The lowest BCUT2D eigenvalue weighted by atomic mass is 10.1. The first-order chi connectivity index (χ1) is 15.8. The van der Waals surface area contributed by atoms with Crippen LogP contribution in [0.4, 0.5) is 11.4 Å². The molecule has 166 valence electrons. The Labute approximate surface area is 195 Å². The first kappa shape index (κ1) is 22.5. The molecule has 4 aromatic rings. The van der Waals surface area contributed by atoms with Crippen LogP contribution in [-0.2, 0) is 10.0 Å². The Morgan fingerprint density at radius 1 is 0.636 bits per heavy atom. The van der Waals surface area contributed by atoms with Gasteiger partial charge in [0.1, 0.15) is 0 Å². The molecular formula is C28H26N2O2S. The number of rotatable bonds is 5. The summed E-state index contributed by atoms with van der Waals surface area (Å²) in [4.78, 5) is 5.05. The summed E-state index contributed by atoms with van der Waals surface area (Å²) in [6.45, 7) is 5.91. The zero-order valence-electron chi connectivity index (χ0n) is 18.9. The quantitative estimate of drug-likeness (QED) is 0.252. The van der Waals surface area contributed by atoms with Gasteiger partial charge in [-0.2, -0.15) is 0 Å².